The third kappa shape index (κ3) is 3.46. The zero-order chi connectivity index (χ0) is 12.1. The van der Waals surface area contributed by atoms with E-state index in [2.05, 4.69) is 0 Å². The van der Waals surface area contributed by atoms with Crippen molar-refractivity contribution in [1.29, 1.82) is 0 Å². The Morgan fingerprint density at radius 1 is 0.824 bits per heavy atom. The van der Waals surface area contributed by atoms with Gasteiger partial charge in [0, 0.05) is 0 Å². The highest BCUT2D eigenvalue weighted by molar-refractivity contribution is 5.72. The van der Waals surface area contributed by atoms with Crippen molar-refractivity contribution in [3.05, 3.63) is 0 Å². The van der Waals surface area contributed by atoms with Gasteiger partial charge in [-0.3, -0.25) is 4.79 Å². The molecular formula is C15H26O2. The van der Waals surface area contributed by atoms with Crippen molar-refractivity contribution in [2.75, 3.05) is 7.11 Å². The maximum absolute atomic E-state index is 11.6. The lowest BCUT2D eigenvalue weighted by Crippen LogP contribution is -2.18. The maximum Gasteiger partial charge on any atom is 0.308 e. The number of carbonyl (C=O) groups excluding carboxylic acids is 1. The van der Waals surface area contributed by atoms with Crippen molar-refractivity contribution in [1.82, 2.24) is 0 Å². The molecule has 2 aliphatic rings. The molecule has 0 amide bonds. The van der Waals surface area contributed by atoms with Gasteiger partial charge in [0.2, 0.25) is 0 Å². The van der Waals surface area contributed by atoms with Crippen LogP contribution in [-0.2, 0) is 9.53 Å². The summed E-state index contributed by atoms with van der Waals surface area (Å²) in [5.41, 5.74) is 0. The Morgan fingerprint density at radius 3 is 2.18 bits per heavy atom. The number of hydrogen-bond acceptors (Lipinski definition) is 2. The first kappa shape index (κ1) is 12.9. The van der Waals surface area contributed by atoms with Crippen molar-refractivity contribution >= 4 is 5.97 Å². The van der Waals surface area contributed by atoms with Crippen LogP contribution in [0.3, 0.4) is 0 Å². The molecular weight excluding hydrogens is 212 g/mol. The molecule has 2 unspecified atom stereocenters. The third-order valence-electron chi connectivity index (χ3n) is 4.86. The van der Waals surface area contributed by atoms with E-state index in [1.54, 1.807) is 0 Å². The molecule has 0 aromatic heterocycles. The lowest BCUT2D eigenvalue weighted by Gasteiger charge is -2.29. The molecule has 2 atom stereocenters. The molecule has 2 rings (SSSR count). The highest BCUT2D eigenvalue weighted by Crippen LogP contribution is 2.38. The average molecular weight is 238 g/mol. The van der Waals surface area contributed by atoms with Crippen LogP contribution in [0.4, 0.5) is 0 Å². The highest BCUT2D eigenvalue weighted by atomic mass is 16.5. The molecule has 0 radical (unpaired) electrons. The minimum atomic E-state index is 0.0225. The van der Waals surface area contributed by atoms with Crippen LogP contribution in [-0.4, -0.2) is 13.1 Å². The largest absolute Gasteiger partial charge is 0.469 e. The number of hydrogen-bond donors (Lipinski definition) is 0. The van der Waals surface area contributed by atoms with Gasteiger partial charge in [-0.25, -0.2) is 0 Å². The molecule has 2 fully saturated rings. The fraction of sp³-hybridized carbons (Fsp3) is 0.933. The molecule has 0 heterocycles. The van der Waals surface area contributed by atoms with Gasteiger partial charge >= 0.3 is 5.97 Å². The first-order valence-electron chi connectivity index (χ1n) is 7.39. The second-order valence-electron chi connectivity index (χ2n) is 5.89. The van der Waals surface area contributed by atoms with E-state index in [-0.39, 0.29) is 11.9 Å². The predicted molar refractivity (Wildman–Crippen MR) is 68.7 cm³/mol. The summed E-state index contributed by atoms with van der Waals surface area (Å²) >= 11 is 0. The van der Waals surface area contributed by atoms with E-state index in [1.165, 1.54) is 58.5 Å². The van der Waals surface area contributed by atoms with E-state index < -0.39 is 0 Å². The molecule has 0 bridgehead atoms. The van der Waals surface area contributed by atoms with Crippen molar-refractivity contribution in [2.24, 2.45) is 17.8 Å². The molecule has 2 aliphatic carbocycles. The number of ether oxygens (including phenoxy) is 1. The lowest BCUT2D eigenvalue weighted by molar-refractivity contribution is -0.145. The topological polar surface area (TPSA) is 26.3 Å². The predicted octanol–water partition coefficient (Wildman–Crippen LogP) is 3.94. The van der Waals surface area contributed by atoms with Crippen LogP contribution < -0.4 is 0 Å². The first-order chi connectivity index (χ1) is 8.31. The molecule has 0 aromatic rings. The second-order valence-corrected chi connectivity index (χ2v) is 5.89. The van der Waals surface area contributed by atoms with Gasteiger partial charge in [0.15, 0.2) is 0 Å². The van der Waals surface area contributed by atoms with Gasteiger partial charge in [0.05, 0.1) is 13.0 Å². The summed E-state index contributed by atoms with van der Waals surface area (Å²) in [7, 11) is 1.52. The molecule has 0 aliphatic heterocycles. The van der Waals surface area contributed by atoms with Crippen molar-refractivity contribution in [3.8, 4) is 0 Å². The minimum Gasteiger partial charge on any atom is -0.469 e. The first-order valence-corrected chi connectivity index (χ1v) is 7.39. The van der Waals surface area contributed by atoms with Crippen LogP contribution in [0, 0.1) is 17.8 Å². The van der Waals surface area contributed by atoms with Crippen molar-refractivity contribution in [2.45, 2.75) is 64.2 Å². The minimum absolute atomic E-state index is 0.0225. The van der Waals surface area contributed by atoms with Gasteiger partial charge in [-0.1, -0.05) is 44.9 Å². The van der Waals surface area contributed by atoms with Gasteiger partial charge in [0.25, 0.3) is 0 Å². The summed E-state index contributed by atoms with van der Waals surface area (Å²) in [5, 5.41) is 0. The van der Waals surface area contributed by atoms with Gasteiger partial charge < -0.3 is 4.74 Å². The van der Waals surface area contributed by atoms with E-state index in [4.69, 9.17) is 4.74 Å². The summed E-state index contributed by atoms with van der Waals surface area (Å²) in [4.78, 5) is 11.6. The van der Waals surface area contributed by atoms with Gasteiger partial charge in [-0.05, 0) is 31.1 Å². The number of rotatable bonds is 2. The molecule has 0 N–H and O–H groups in total. The molecule has 2 saturated carbocycles. The normalized spacial score (nSPS) is 31.8. The summed E-state index contributed by atoms with van der Waals surface area (Å²) < 4.78 is 4.89. The molecule has 0 saturated heterocycles. The Morgan fingerprint density at radius 2 is 1.47 bits per heavy atom. The van der Waals surface area contributed by atoms with Crippen LogP contribution in [0.15, 0.2) is 0 Å². The van der Waals surface area contributed by atoms with Crippen LogP contribution in [0.1, 0.15) is 64.2 Å². The molecule has 0 aromatic carbocycles. The Bertz CT molecular complexity index is 243. The standard InChI is InChI=1S/C15H26O2/c1-17-15(16)14-9-5-8-13(10-11-14)12-6-3-2-4-7-12/h12-14H,2-11H2,1H3. The van der Waals surface area contributed by atoms with Crippen LogP contribution in [0.2, 0.25) is 0 Å². The Hall–Kier alpha value is -0.530. The van der Waals surface area contributed by atoms with E-state index in [9.17, 15) is 4.79 Å². The molecule has 17 heavy (non-hydrogen) atoms. The maximum atomic E-state index is 11.6. The highest BCUT2D eigenvalue weighted by Gasteiger charge is 2.29. The summed E-state index contributed by atoms with van der Waals surface area (Å²) in [6.45, 7) is 0. The molecule has 2 heteroatoms. The van der Waals surface area contributed by atoms with Crippen LogP contribution >= 0.6 is 0 Å². The van der Waals surface area contributed by atoms with E-state index >= 15 is 0 Å². The van der Waals surface area contributed by atoms with Crippen molar-refractivity contribution < 1.29 is 9.53 Å². The van der Waals surface area contributed by atoms with E-state index in [1.807, 2.05) is 0 Å². The van der Waals surface area contributed by atoms with Gasteiger partial charge in [-0.15, -0.1) is 0 Å². The SMILES string of the molecule is COC(=O)C1CCCC(C2CCCCC2)CC1. The summed E-state index contributed by atoms with van der Waals surface area (Å²) in [6.07, 6.45) is 13.1. The molecule has 98 valence electrons. The van der Waals surface area contributed by atoms with Gasteiger partial charge in [0.1, 0.15) is 0 Å². The zero-order valence-corrected chi connectivity index (χ0v) is 11.1. The Labute approximate surface area is 105 Å². The smallest absolute Gasteiger partial charge is 0.308 e. The summed E-state index contributed by atoms with van der Waals surface area (Å²) in [5.74, 6) is 2.06. The van der Waals surface area contributed by atoms with E-state index in [0.717, 1.165) is 24.7 Å². The van der Waals surface area contributed by atoms with Crippen LogP contribution in [0.5, 0.6) is 0 Å². The number of carbonyl (C=O) groups is 1. The quantitative estimate of drug-likeness (QED) is 0.538. The fourth-order valence-corrected chi connectivity index (χ4v) is 3.81. The average Bonchev–Trinajstić information content (AvgIpc) is 2.64. The number of methoxy groups -OCH3 is 1. The second kappa shape index (κ2) is 6.42. The number of esters is 1. The zero-order valence-electron chi connectivity index (χ0n) is 11.1. The molecule has 2 nitrogen and oxygen atoms in total. The van der Waals surface area contributed by atoms with E-state index in [0.29, 0.717) is 0 Å². The molecule has 0 spiro atoms. The van der Waals surface area contributed by atoms with Gasteiger partial charge in [-0.2, -0.15) is 0 Å². The fourth-order valence-electron chi connectivity index (χ4n) is 3.81. The Kier molecular flexibility index (Phi) is 4.87. The Balaban J connectivity index is 1.84. The van der Waals surface area contributed by atoms with Crippen molar-refractivity contribution in [3.63, 3.8) is 0 Å². The monoisotopic (exact) mass is 238 g/mol. The lowest BCUT2D eigenvalue weighted by atomic mass is 9.77. The summed E-state index contributed by atoms with van der Waals surface area (Å²) in [6, 6.07) is 0. The van der Waals surface area contributed by atoms with Crippen LogP contribution in [0.25, 0.3) is 0 Å². The third-order valence-corrected chi connectivity index (χ3v) is 4.86.